The van der Waals surface area contributed by atoms with Crippen LogP contribution in [0.2, 0.25) is 5.02 Å². The number of carbonyl (C=O) groups excluding carboxylic acids is 2. The number of Topliss-reactive ketones (excluding diaryl/α,β-unsaturated/α-hetero) is 1. The molecule has 1 atom stereocenters. The number of hydrogen-bond donors (Lipinski definition) is 2. The molecule has 1 aliphatic heterocycles. The summed E-state index contributed by atoms with van der Waals surface area (Å²) in [6, 6.07) is 7.21. The number of thiophene rings is 1. The number of aliphatic hydroxyl groups excluding tert-OH is 1. The van der Waals surface area contributed by atoms with E-state index >= 15 is 0 Å². The zero-order valence-electron chi connectivity index (χ0n) is 15.3. The molecule has 1 aromatic heterocycles. The van der Waals surface area contributed by atoms with Gasteiger partial charge in [-0.05, 0) is 23.3 Å². The first kappa shape index (κ1) is 20.0. The maximum absolute atomic E-state index is 12.6. The molecule has 1 unspecified atom stereocenters. The van der Waals surface area contributed by atoms with Gasteiger partial charge in [-0.1, -0.05) is 23.7 Å². The van der Waals surface area contributed by atoms with E-state index < -0.39 is 5.91 Å². The Balaban J connectivity index is 1.81. The summed E-state index contributed by atoms with van der Waals surface area (Å²) in [6.07, 6.45) is 1.25. The van der Waals surface area contributed by atoms with E-state index in [-0.39, 0.29) is 18.8 Å². The average molecular weight is 408 g/mol. The van der Waals surface area contributed by atoms with Gasteiger partial charge < -0.3 is 15.3 Å². The van der Waals surface area contributed by atoms with Crippen molar-refractivity contribution in [2.45, 2.75) is 25.8 Å². The molecule has 2 heterocycles. The Kier molecular flexibility index (Phi) is 6.01. The Morgan fingerprint density at radius 3 is 2.59 bits per heavy atom. The second-order valence-electron chi connectivity index (χ2n) is 7.38. The lowest BCUT2D eigenvalue weighted by molar-refractivity contribution is -0.924. The molecule has 1 aliphatic rings. The van der Waals surface area contributed by atoms with Crippen LogP contribution in [0.1, 0.15) is 31.2 Å². The van der Waals surface area contributed by atoms with E-state index in [1.165, 1.54) is 11.3 Å². The molecule has 27 heavy (non-hydrogen) atoms. The Hall–Kier alpha value is -1.73. The molecule has 0 bridgehead atoms. The Morgan fingerprint density at radius 2 is 1.96 bits per heavy atom. The number of rotatable bonds is 7. The predicted molar refractivity (Wildman–Crippen MR) is 107 cm³/mol. The zero-order valence-corrected chi connectivity index (χ0v) is 16.9. The number of quaternary nitrogens is 1. The van der Waals surface area contributed by atoms with Crippen LogP contribution in [0.25, 0.3) is 0 Å². The minimum Gasteiger partial charge on any atom is -0.391 e. The van der Waals surface area contributed by atoms with Crippen LogP contribution in [-0.4, -0.2) is 48.0 Å². The molecule has 0 spiro atoms. The van der Waals surface area contributed by atoms with Crippen molar-refractivity contribution in [3.05, 3.63) is 55.7 Å². The standard InChI is InChI=1S/C20H23ClN2O3S/c1-23(8-9-24)7-6-16-18(12-23)27-17(19(16)20(22)26)11-15(25)10-13-2-4-14(21)5-3-13/h2-5,24H,6-12H2,1H3,(H-,22,26)/p+1. The number of primary amides is 1. The normalized spacial score (nSPS) is 18.9. The molecular formula is C20H24ClN2O3S+. The summed E-state index contributed by atoms with van der Waals surface area (Å²) in [5.41, 5.74) is 8.08. The maximum Gasteiger partial charge on any atom is 0.250 e. The van der Waals surface area contributed by atoms with E-state index in [1.807, 2.05) is 12.1 Å². The number of amides is 1. The molecule has 0 radical (unpaired) electrons. The van der Waals surface area contributed by atoms with E-state index in [2.05, 4.69) is 7.05 Å². The van der Waals surface area contributed by atoms with Crippen LogP contribution in [-0.2, 0) is 30.6 Å². The topological polar surface area (TPSA) is 80.4 Å². The lowest BCUT2D eigenvalue weighted by Crippen LogP contribution is -2.49. The molecule has 0 aliphatic carbocycles. The quantitative estimate of drug-likeness (QED) is 0.691. The van der Waals surface area contributed by atoms with Gasteiger partial charge in [0, 0.05) is 29.2 Å². The highest BCUT2D eigenvalue weighted by molar-refractivity contribution is 7.12. The molecule has 0 saturated carbocycles. The number of halogens is 1. The fourth-order valence-corrected chi connectivity index (χ4v) is 5.37. The Labute approximate surface area is 168 Å². The molecule has 3 N–H and O–H groups in total. The minimum absolute atomic E-state index is 0.0472. The number of ketones is 1. The molecule has 5 nitrogen and oxygen atoms in total. The minimum atomic E-state index is -0.458. The molecular weight excluding hydrogens is 384 g/mol. The van der Waals surface area contributed by atoms with Crippen molar-refractivity contribution in [3.8, 4) is 0 Å². The van der Waals surface area contributed by atoms with Crippen LogP contribution < -0.4 is 5.73 Å². The van der Waals surface area contributed by atoms with Crippen LogP contribution in [0.3, 0.4) is 0 Å². The smallest absolute Gasteiger partial charge is 0.250 e. The molecule has 1 amide bonds. The first-order valence-corrected chi connectivity index (χ1v) is 10.1. The summed E-state index contributed by atoms with van der Waals surface area (Å²) in [5.74, 6) is -0.411. The number of nitrogens with zero attached hydrogens (tertiary/aromatic N) is 1. The van der Waals surface area contributed by atoms with Crippen LogP contribution >= 0.6 is 22.9 Å². The molecule has 0 fully saturated rings. The Bertz CT molecular complexity index is 863. The highest BCUT2D eigenvalue weighted by Crippen LogP contribution is 2.35. The second-order valence-corrected chi connectivity index (χ2v) is 9.01. The largest absolute Gasteiger partial charge is 0.391 e. The fraction of sp³-hybridized carbons (Fsp3) is 0.400. The number of fused-ring (bicyclic) bond motifs is 1. The van der Waals surface area contributed by atoms with Crippen molar-refractivity contribution < 1.29 is 19.2 Å². The van der Waals surface area contributed by atoms with Gasteiger partial charge in [0.25, 0.3) is 0 Å². The second kappa shape index (κ2) is 8.10. The number of likely N-dealkylation sites (N-methyl/N-ethyl adjacent to an activating group) is 1. The van der Waals surface area contributed by atoms with Gasteiger partial charge in [0.15, 0.2) is 0 Å². The predicted octanol–water partition coefficient (Wildman–Crippen LogP) is 2.35. The van der Waals surface area contributed by atoms with Gasteiger partial charge in [-0.3, -0.25) is 9.59 Å². The summed E-state index contributed by atoms with van der Waals surface area (Å²) in [4.78, 5) is 26.5. The molecule has 2 aromatic rings. The van der Waals surface area contributed by atoms with E-state index in [0.29, 0.717) is 23.6 Å². The van der Waals surface area contributed by atoms with Crippen molar-refractivity contribution in [1.82, 2.24) is 0 Å². The molecule has 1 aromatic carbocycles. The number of nitrogens with two attached hydrogens (primary N) is 1. The molecule has 0 saturated heterocycles. The highest BCUT2D eigenvalue weighted by Gasteiger charge is 2.34. The third-order valence-electron chi connectivity index (χ3n) is 5.15. The summed E-state index contributed by atoms with van der Waals surface area (Å²) in [6.45, 7) is 2.41. The van der Waals surface area contributed by atoms with Gasteiger partial charge in [0.2, 0.25) is 5.91 Å². The van der Waals surface area contributed by atoms with E-state index in [1.54, 1.807) is 12.1 Å². The first-order chi connectivity index (χ1) is 12.8. The lowest BCUT2D eigenvalue weighted by atomic mass is 9.97. The summed E-state index contributed by atoms with van der Waals surface area (Å²) < 4.78 is 0.736. The third-order valence-corrected chi connectivity index (χ3v) is 6.62. The van der Waals surface area contributed by atoms with Crippen LogP contribution in [0.15, 0.2) is 24.3 Å². The van der Waals surface area contributed by atoms with Gasteiger partial charge in [-0.15, -0.1) is 11.3 Å². The monoisotopic (exact) mass is 407 g/mol. The van der Waals surface area contributed by atoms with Gasteiger partial charge >= 0.3 is 0 Å². The van der Waals surface area contributed by atoms with Crippen molar-refractivity contribution in [2.75, 3.05) is 26.7 Å². The molecule has 7 heteroatoms. The summed E-state index contributed by atoms with van der Waals surface area (Å²) in [7, 11) is 2.11. The van der Waals surface area contributed by atoms with E-state index in [4.69, 9.17) is 17.3 Å². The van der Waals surface area contributed by atoms with E-state index in [9.17, 15) is 14.7 Å². The molecule has 144 valence electrons. The van der Waals surface area contributed by atoms with Crippen molar-refractivity contribution >= 4 is 34.6 Å². The van der Waals surface area contributed by atoms with Crippen LogP contribution in [0.4, 0.5) is 0 Å². The highest BCUT2D eigenvalue weighted by atomic mass is 35.5. The van der Waals surface area contributed by atoms with Crippen molar-refractivity contribution in [2.24, 2.45) is 5.73 Å². The fourth-order valence-electron chi connectivity index (χ4n) is 3.68. The SMILES string of the molecule is C[N+]1(CCO)CCc2c(sc(CC(=O)Cc3ccc(Cl)cc3)c2C(N)=O)C1. The van der Waals surface area contributed by atoms with Gasteiger partial charge in [-0.2, -0.15) is 0 Å². The maximum atomic E-state index is 12.6. The van der Waals surface area contributed by atoms with E-state index in [0.717, 1.165) is 44.9 Å². The van der Waals surface area contributed by atoms with Crippen LogP contribution in [0.5, 0.6) is 0 Å². The van der Waals surface area contributed by atoms with Gasteiger partial charge in [0.05, 0.1) is 30.6 Å². The van der Waals surface area contributed by atoms with Crippen molar-refractivity contribution in [1.29, 1.82) is 0 Å². The molecule has 3 rings (SSSR count). The average Bonchev–Trinajstić information content (AvgIpc) is 2.93. The van der Waals surface area contributed by atoms with Gasteiger partial charge in [0.1, 0.15) is 18.9 Å². The van der Waals surface area contributed by atoms with Crippen LogP contribution in [0, 0.1) is 0 Å². The summed E-state index contributed by atoms with van der Waals surface area (Å²) in [5, 5.41) is 9.95. The number of carbonyl (C=O) groups is 2. The zero-order chi connectivity index (χ0) is 19.6. The number of benzene rings is 1. The third kappa shape index (κ3) is 4.58. The summed E-state index contributed by atoms with van der Waals surface area (Å²) >= 11 is 7.41. The first-order valence-electron chi connectivity index (χ1n) is 8.95. The van der Waals surface area contributed by atoms with Crippen molar-refractivity contribution in [3.63, 3.8) is 0 Å². The van der Waals surface area contributed by atoms with Gasteiger partial charge in [-0.25, -0.2) is 0 Å². The number of aliphatic hydroxyl groups is 1. The number of hydrogen-bond acceptors (Lipinski definition) is 4. The lowest BCUT2D eigenvalue weighted by Gasteiger charge is -2.37. The Morgan fingerprint density at radius 1 is 1.26 bits per heavy atom.